The van der Waals surface area contributed by atoms with Gasteiger partial charge in [0.15, 0.2) is 5.75 Å². The Labute approximate surface area is 213 Å². The maximum Gasteiger partial charge on any atom is 0.261 e. The minimum atomic E-state index is -3.85. The number of ether oxygens (including phenoxy) is 1. The van der Waals surface area contributed by atoms with Gasteiger partial charge in [-0.15, -0.1) is 0 Å². The van der Waals surface area contributed by atoms with E-state index in [1.165, 1.54) is 30.3 Å². The third-order valence-corrected chi connectivity index (χ3v) is 6.92. The first-order valence-electron chi connectivity index (χ1n) is 10.4. The summed E-state index contributed by atoms with van der Waals surface area (Å²) < 4.78 is 33.9. The van der Waals surface area contributed by atoms with Gasteiger partial charge in [-0.05, 0) is 67.6 Å². The molecule has 0 bridgehead atoms. The second kappa shape index (κ2) is 10.4. The van der Waals surface area contributed by atoms with E-state index in [2.05, 4.69) is 10.0 Å². The van der Waals surface area contributed by atoms with Crippen LogP contribution in [0.1, 0.15) is 15.9 Å². The van der Waals surface area contributed by atoms with Gasteiger partial charge in [-0.25, -0.2) is 8.42 Å². The molecule has 6 nitrogen and oxygen atoms in total. The first kappa shape index (κ1) is 24.6. The summed E-state index contributed by atoms with van der Waals surface area (Å²) in [6.45, 7) is 1.87. The molecule has 9 heteroatoms. The molecule has 0 fully saturated rings. The highest BCUT2D eigenvalue weighted by Gasteiger charge is 2.18. The van der Waals surface area contributed by atoms with E-state index >= 15 is 0 Å². The van der Waals surface area contributed by atoms with Gasteiger partial charge in [0.25, 0.3) is 15.9 Å². The van der Waals surface area contributed by atoms with E-state index in [1.807, 2.05) is 25.1 Å². The van der Waals surface area contributed by atoms with Crippen LogP contribution in [0.2, 0.25) is 10.0 Å². The summed E-state index contributed by atoms with van der Waals surface area (Å²) in [6.07, 6.45) is 0. The van der Waals surface area contributed by atoms with Crippen LogP contribution in [0.15, 0.2) is 95.9 Å². The molecule has 4 aromatic carbocycles. The molecule has 35 heavy (non-hydrogen) atoms. The van der Waals surface area contributed by atoms with Crippen molar-refractivity contribution in [3.63, 3.8) is 0 Å². The lowest BCUT2D eigenvalue weighted by atomic mass is 10.1. The fraction of sp³-hybridized carbons (Fsp3) is 0.0385. The van der Waals surface area contributed by atoms with Gasteiger partial charge in [-0.3, -0.25) is 9.52 Å². The monoisotopic (exact) mass is 526 g/mol. The highest BCUT2D eigenvalue weighted by Crippen LogP contribution is 2.33. The molecule has 2 N–H and O–H groups in total. The van der Waals surface area contributed by atoms with E-state index in [1.54, 1.807) is 42.5 Å². The first-order valence-corrected chi connectivity index (χ1v) is 12.7. The molecular formula is C26H20Cl2N2O4S. The van der Waals surface area contributed by atoms with Crippen LogP contribution in [-0.2, 0) is 10.0 Å². The van der Waals surface area contributed by atoms with Gasteiger partial charge in [0.2, 0.25) is 0 Å². The minimum absolute atomic E-state index is 0.0707. The third kappa shape index (κ3) is 6.14. The molecule has 0 saturated carbocycles. The number of carbonyl (C=O) groups excluding carboxylic acids is 1. The zero-order valence-corrected chi connectivity index (χ0v) is 20.8. The number of aryl methyl sites for hydroxylation is 1. The molecule has 178 valence electrons. The Hall–Kier alpha value is -3.52. The zero-order valence-electron chi connectivity index (χ0n) is 18.5. The molecule has 0 aliphatic rings. The van der Waals surface area contributed by atoms with Crippen molar-refractivity contribution >= 4 is 50.5 Å². The van der Waals surface area contributed by atoms with Gasteiger partial charge in [0.1, 0.15) is 5.75 Å². The van der Waals surface area contributed by atoms with Crippen LogP contribution in [-0.4, -0.2) is 14.3 Å². The lowest BCUT2D eigenvalue weighted by Crippen LogP contribution is -2.16. The number of amides is 1. The van der Waals surface area contributed by atoms with Gasteiger partial charge in [0.05, 0.1) is 21.2 Å². The summed E-state index contributed by atoms with van der Waals surface area (Å²) in [4.78, 5) is 13.2. The van der Waals surface area contributed by atoms with Crippen molar-refractivity contribution in [3.05, 3.63) is 112 Å². The average molecular weight is 527 g/mol. The Morgan fingerprint density at radius 3 is 2.29 bits per heavy atom. The van der Waals surface area contributed by atoms with E-state index in [0.717, 1.165) is 5.56 Å². The number of rotatable bonds is 7. The van der Waals surface area contributed by atoms with Crippen molar-refractivity contribution < 1.29 is 17.9 Å². The van der Waals surface area contributed by atoms with E-state index in [9.17, 15) is 13.2 Å². The average Bonchev–Trinajstić information content (AvgIpc) is 2.83. The van der Waals surface area contributed by atoms with Crippen LogP contribution in [0, 0.1) is 6.92 Å². The summed E-state index contributed by atoms with van der Waals surface area (Å²) in [5.41, 5.74) is 1.52. The molecule has 4 rings (SSSR count). The molecule has 0 radical (unpaired) electrons. The number of para-hydroxylation sites is 1. The molecule has 0 aliphatic heterocycles. The quantitative estimate of drug-likeness (QED) is 0.267. The van der Waals surface area contributed by atoms with E-state index in [4.69, 9.17) is 27.9 Å². The Morgan fingerprint density at radius 1 is 0.857 bits per heavy atom. The molecule has 0 saturated heterocycles. The highest BCUT2D eigenvalue weighted by molar-refractivity contribution is 7.92. The Bertz CT molecular complexity index is 1480. The fourth-order valence-corrected chi connectivity index (χ4v) is 4.61. The van der Waals surface area contributed by atoms with Gasteiger partial charge < -0.3 is 10.1 Å². The zero-order chi connectivity index (χ0) is 25.0. The number of hydrogen-bond donors (Lipinski definition) is 2. The van der Waals surface area contributed by atoms with Crippen LogP contribution in [0.25, 0.3) is 0 Å². The molecule has 0 aliphatic carbocycles. The summed E-state index contributed by atoms with van der Waals surface area (Å²) in [5, 5.41) is 3.29. The summed E-state index contributed by atoms with van der Waals surface area (Å²) >= 11 is 12.4. The third-order valence-electron chi connectivity index (χ3n) is 4.96. The van der Waals surface area contributed by atoms with Crippen LogP contribution in [0.4, 0.5) is 11.4 Å². The lowest BCUT2D eigenvalue weighted by molar-refractivity contribution is 0.102. The molecule has 0 heterocycles. The Kier molecular flexibility index (Phi) is 7.31. The van der Waals surface area contributed by atoms with Crippen LogP contribution >= 0.6 is 23.2 Å². The number of sulfonamides is 1. The second-order valence-corrected chi connectivity index (χ2v) is 10.1. The van der Waals surface area contributed by atoms with Gasteiger partial charge in [0, 0.05) is 10.7 Å². The topological polar surface area (TPSA) is 84.5 Å². The van der Waals surface area contributed by atoms with Gasteiger partial charge in [-0.1, -0.05) is 59.1 Å². The van der Waals surface area contributed by atoms with Crippen LogP contribution < -0.4 is 14.8 Å². The summed E-state index contributed by atoms with van der Waals surface area (Å²) in [7, 11) is -3.85. The van der Waals surface area contributed by atoms with Gasteiger partial charge in [-0.2, -0.15) is 0 Å². The Balaban J connectivity index is 1.58. The standard InChI is InChI=1S/C26H20Cl2N2O4S/c1-17-7-11-21(12-8-17)35(32,33)30-19-10-13-23(28)22(16-19)26(31)29-24-15-18(27)9-14-25(24)34-20-5-3-2-4-6-20/h2-16,30H,1H3,(H,29,31). The number of benzene rings is 4. The predicted molar refractivity (Wildman–Crippen MR) is 139 cm³/mol. The SMILES string of the molecule is Cc1ccc(S(=O)(=O)Nc2ccc(Cl)c(C(=O)Nc3cc(Cl)ccc3Oc3ccccc3)c2)cc1. The largest absolute Gasteiger partial charge is 0.455 e. The number of anilines is 2. The number of carbonyl (C=O) groups is 1. The molecular weight excluding hydrogens is 507 g/mol. The van der Waals surface area contributed by atoms with Crippen molar-refractivity contribution in [3.8, 4) is 11.5 Å². The molecule has 4 aromatic rings. The van der Waals surface area contributed by atoms with Crippen molar-refractivity contribution in [2.45, 2.75) is 11.8 Å². The van der Waals surface area contributed by atoms with E-state index < -0.39 is 15.9 Å². The van der Waals surface area contributed by atoms with E-state index in [-0.39, 0.29) is 21.2 Å². The molecule has 1 amide bonds. The smallest absolute Gasteiger partial charge is 0.261 e. The summed E-state index contributed by atoms with van der Waals surface area (Å²) in [5.74, 6) is 0.392. The molecule has 0 unspecified atom stereocenters. The van der Waals surface area contributed by atoms with Crippen molar-refractivity contribution in [1.82, 2.24) is 0 Å². The van der Waals surface area contributed by atoms with Crippen LogP contribution in [0.5, 0.6) is 11.5 Å². The number of hydrogen-bond acceptors (Lipinski definition) is 4. The van der Waals surface area contributed by atoms with Crippen molar-refractivity contribution in [1.29, 1.82) is 0 Å². The summed E-state index contributed by atoms with van der Waals surface area (Å²) in [6, 6.07) is 24.6. The molecule has 0 spiro atoms. The minimum Gasteiger partial charge on any atom is -0.455 e. The molecule has 0 aromatic heterocycles. The van der Waals surface area contributed by atoms with E-state index in [0.29, 0.717) is 22.2 Å². The number of halogens is 2. The normalized spacial score (nSPS) is 11.1. The van der Waals surface area contributed by atoms with Crippen LogP contribution in [0.3, 0.4) is 0 Å². The van der Waals surface area contributed by atoms with Crippen molar-refractivity contribution in [2.24, 2.45) is 0 Å². The Morgan fingerprint density at radius 2 is 1.57 bits per heavy atom. The van der Waals surface area contributed by atoms with Crippen molar-refractivity contribution in [2.75, 3.05) is 10.0 Å². The highest BCUT2D eigenvalue weighted by atomic mass is 35.5. The predicted octanol–water partition coefficient (Wildman–Crippen LogP) is 7.15. The second-order valence-electron chi connectivity index (χ2n) is 7.62. The maximum atomic E-state index is 13.1. The lowest BCUT2D eigenvalue weighted by Gasteiger charge is -2.14. The fourth-order valence-electron chi connectivity index (χ4n) is 3.19. The molecule has 0 atom stereocenters. The maximum absolute atomic E-state index is 13.1. The first-order chi connectivity index (χ1) is 16.7. The van der Waals surface area contributed by atoms with Gasteiger partial charge >= 0.3 is 0 Å². The number of nitrogens with one attached hydrogen (secondary N) is 2.